The van der Waals surface area contributed by atoms with E-state index < -0.39 is 0 Å². The number of nitrogens with zero attached hydrogens (tertiary/aromatic N) is 3. The van der Waals surface area contributed by atoms with Gasteiger partial charge in [-0.15, -0.1) is 0 Å². The van der Waals surface area contributed by atoms with Gasteiger partial charge in [0.2, 0.25) is 5.28 Å². The number of morpholine rings is 1. The van der Waals surface area contributed by atoms with Crippen LogP contribution in [0, 0.1) is 6.92 Å². The normalized spacial score (nSPS) is 20.6. The number of hydrogen-bond acceptors (Lipinski definition) is 6. The molecular formula is C10H15ClN4O2. The van der Waals surface area contributed by atoms with Crippen LogP contribution in [-0.2, 0) is 4.74 Å². The summed E-state index contributed by atoms with van der Waals surface area (Å²) in [5.74, 6) is 0.615. The smallest absolute Gasteiger partial charge is 0.224 e. The number of aryl methyl sites for hydroxylation is 1. The number of rotatable bonds is 2. The van der Waals surface area contributed by atoms with Crippen LogP contribution in [0.1, 0.15) is 5.69 Å². The Hall–Kier alpha value is -1.11. The number of ether oxygens (including phenoxy) is 1. The van der Waals surface area contributed by atoms with E-state index in [9.17, 15) is 0 Å². The summed E-state index contributed by atoms with van der Waals surface area (Å²) >= 11 is 5.83. The zero-order chi connectivity index (χ0) is 12.4. The van der Waals surface area contributed by atoms with Gasteiger partial charge in [-0.25, -0.2) is 4.98 Å². The van der Waals surface area contributed by atoms with Crippen molar-refractivity contribution in [2.45, 2.75) is 13.0 Å². The summed E-state index contributed by atoms with van der Waals surface area (Å²) in [5.41, 5.74) is 7.12. The molecule has 2 heterocycles. The molecule has 0 aliphatic carbocycles. The van der Waals surface area contributed by atoms with Crippen LogP contribution >= 0.6 is 11.6 Å². The molecule has 0 spiro atoms. The molecule has 94 valence electrons. The molecule has 0 saturated carbocycles. The molecule has 3 N–H and O–H groups in total. The first-order chi connectivity index (χ1) is 8.11. The highest BCUT2D eigenvalue weighted by Crippen LogP contribution is 2.26. The summed E-state index contributed by atoms with van der Waals surface area (Å²) in [7, 11) is 0. The fraction of sp³-hybridized carbons (Fsp3) is 0.600. The Balaban J connectivity index is 2.27. The molecule has 1 saturated heterocycles. The monoisotopic (exact) mass is 258 g/mol. The Morgan fingerprint density at radius 1 is 1.59 bits per heavy atom. The molecule has 7 heteroatoms. The van der Waals surface area contributed by atoms with Crippen LogP contribution in [0.25, 0.3) is 0 Å². The minimum atomic E-state index is -0.211. The van der Waals surface area contributed by atoms with Crippen LogP contribution in [0.3, 0.4) is 0 Å². The van der Waals surface area contributed by atoms with Crippen LogP contribution in [0.15, 0.2) is 0 Å². The maximum absolute atomic E-state index is 9.09. The minimum absolute atomic E-state index is 0.0196. The van der Waals surface area contributed by atoms with Crippen molar-refractivity contribution in [1.82, 2.24) is 9.97 Å². The Morgan fingerprint density at radius 2 is 2.35 bits per heavy atom. The molecule has 1 fully saturated rings. The summed E-state index contributed by atoms with van der Waals surface area (Å²) in [6.45, 7) is 3.52. The Bertz CT molecular complexity index is 416. The van der Waals surface area contributed by atoms with Crippen molar-refractivity contribution in [3.8, 4) is 0 Å². The lowest BCUT2D eigenvalue weighted by molar-refractivity contribution is 0.00339. The number of halogens is 1. The average Bonchev–Trinajstić information content (AvgIpc) is 2.34. The predicted molar refractivity (Wildman–Crippen MR) is 65.2 cm³/mol. The van der Waals surface area contributed by atoms with Crippen LogP contribution in [0.4, 0.5) is 11.5 Å². The van der Waals surface area contributed by atoms with Crippen molar-refractivity contribution >= 4 is 23.1 Å². The number of nitrogen functional groups attached to an aromatic ring is 1. The van der Waals surface area contributed by atoms with Crippen molar-refractivity contribution in [3.05, 3.63) is 11.0 Å². The zero-order valence-corrected chi connectivity index (χ0v) is 10.3. The first kappa shape index (κ1) is 12.3. The van der Waals surface area contributed by atoms with Crippen molar-refractivity contribution in [2.24, 2.45) is 0 Å². The van der Waals surface area contributed by atoms with E-state index in [0.717, 1.165) is 0 Å². The first-order valence-corrected chi connectivity index (χ1v) is 5.76. The Morgan fingerprint density at radius 3 is 3.06 bits per heavy atom. The lowest BCUT2D eigenvalue weighted by Gasteiger charge is -2.33. The van der Waals surface area contributed by atoms with Gasteiger partial charge in [0.05, 0.1) is 30.7 Å². The quantitative estimate of drug-likeness (QED) is 0.738. The number of aliphatic hydroxyl groups excluding tert-OH is 1. The number of hydrogen-bond donors (Lipinski definition) is 2. The van der Waals surface area contributed by atoms with E-state index in [1.165, 1.54) is 0 Å². The van der Waals surface area contributed by atoms with Crippen LogP contribution in [0.5, 0.6) is 0 Å². The van der Waals surface area contributed by atoms with Crippen LogP contribution in [0.2, 0.25) is 5.28 Å². The zero-order valence-electron chi connectivity index (χ0n) is 9.56. The molecule has 0 aromatic carbocycles. The van der Waals surface area contributed by atoms with Crippen molar-refractivity contribution in [3.63, 3.8) is 0 Å². The molecule has 0 radical (unpaired) electrons. The highest BCUT2D eigenvalue weighted by Gasteiger charge is 2.23. The Labute approximate surface area is 104 Å². The Kier molecular flexibility index (Phi) is 3.66. The van der Waals surface area contributed by atoms with Gasteiger partial charge >= 0.3 is 0 Å². The van der Waals surface area contributed by atoms with E-state index >= 15 is 0 Å². The molecule has 1 aromatic rings. The molecule has 17 heavy (non-hydrogen) atoms. The summed E-state index contributed by atoms with van der Waals surface area (Å²) < 4.78 is 5.37. The van der Waals surface area contributed by atoms with Crippen molar-refractivity contribution in [2.75, 3.05) is 36.9 Å². The highest BCUT2D eigenvalue weighted by atomic mass is 35.5. The molecule has 0 amide bonds. The minimum Gasteiger partial charge on any atom is -0.394 e. The number of aliphatic hydroxyl groups is 1. The fourth-order valence-electron chi connectivity index (χ4n) is 1.80. The SMILES string of the molecule is Cc1nc(Cl)nc(N2CCOC(CO)C2)c1N. The summed E-state index contributed by atoms with van der Waals surface area (Å²) in [6, 6.07) is 0. The first-order valence-electron chi connectivity index (χ1n) is 5.39. The third-order valence-electron chi connectivity index (χ3n) is 2.73. The summed E-state index contributed by atoms with van der Waals surface area (Å²) in [4.78, 5) is 10.1. The summed E-state index contributed by atoms with van der Waals surface area (Å²) in [6.07, 6.45) is -0.211. The fourth-order valence-corrected chi connectivity index (χ4v) is 2.00. The van der Waals surface area contributed by atoms with Gasteiger partial charge in [0.1, 0.15) is 0 Å². The molecule has 1 atom stereocenters. The highest BCUT2D eigenvalue weighted by molar-refractivity contribution is 6.28. The molecule has 1 aliphatic heterocycles. The lowest BCUT2D eigenvalue weighted by Crippen LogP contribution is -2.44. The van der Waals surface area contributed by atoms with E-state index in [-0.39, 0.29) is 18.0 Å². The van der Waals surface area contributed by atoms with E-state index in [4.69, 9.17) is 27.2 Å². The predicted octanol–water partition coefficient (Wildman–Crippen LogP) is 0.218. The van der Waals surface area contributed by atoms with Gasteiger partial charge in [0.15, 0.2) is 5.82 Å². The molecule has 6 nitrogen and oxygen atoms in total. The van der Waals surface area contributed by atoms with E-state index in [1.807, 2.05) is 4.90 Å². The number of anilines is 2. The maximum Gasteiger partial charge on any atom is 0.224 e. The van der Waals surface area contributed by atoms with Crippen LogP contribution in [-0.4, -0.2) is 47.5 Å². The third kappa shape index (κ3) is 2.59. The standard InChI is InChI=1S/C10H15ClN4O2/c1-6-8(12)9(14-10(11)13-6)15-2-3-17-7(4-15)5-16/h7,16H,2-5,12H2,1H3. The molecule has 2 rings (SSSR count). The van der Waals surface area contributed by atoms with E-state index in [2.05, 4.69) is 9.97 Å². The van der Waals surface area contributed by atoms with Crippen molar-refractivity contribution < 1.29 is 9.84 Å². The van der Waals surface area contributed by atoms with E-state index in [0.29, 0.717) is 36.9 Å². The van der Waals surface area contributed by atoms with Crippen molar-refractivity contribution in [1.29, 1.82) is 0 Å². The maximum atomic E-state index is 9.09. The largest absolute Gasteiger partial charge is 0.394 e. The average molecular weight is 259 g/mol. The number of aromatic nitrogens is 2. The second kappa shape index (κ2) is 5.03. The van der Waals surface area contributed by atoms with Gasteiger partial charge in [-0.1, -0.05) is 0 Å². The van der Waals surface area contributed by atoms with Gasteiger partial charge in [0, 0.05) is 13.1 Å². The van der Waals surface area contributed by atoms with Crippen LogP contribution < -0.4 is 10.6 Å². The summed E-state index contributed by atoms with van der Waals surface area (Å²) in [5, 5.41) is 9.27. The number of nitrogens with two attached hydrogens (primary N) is 1. The molecule has 1 aromatic heterocycles. The van der Waals surface area contributed by atoms with Gasteiger partial charge in [-0.2, -0.15) is 4.98 Å². The molecule has 0 bridgehead atoms. The molecule has 1 aliphatic rings. The second-order valence-corrected chi connectivity index (χ2v) is 4.27. The third-order valence-corrected chi connectivity index (χ3v) is 2.90. The molecule has 1 unspecified atom stereocenters. The van der Waals surface area contributed by atoms with Gasteiger partial charge < -0.3 is 20.5 Å². The van der Waals surface area contributed by atoms with E-state index in [1.54, 1.807) is 6.92 Å². The topological polar surface area (TPSA) is 84.5 Å². The molecular weight excluding hydrogens is 244 g/mol. The van der Waals surface area contributed by atoms with Gasteiger partial charge in [-0.3, -0.25) is 0 Å². The second-order valence-electron chi connectivity index (χ2n) is 3.94. The lowest BCUT2D eigenvalue weighted by atomic mass is 10.2. The van der Waals surface area contributed by atoms with Gasteiger partial charge in [0.25, 0.3) is 0 Å². The van der Waals surface area contributed by atoms with Gasteiger partial charge in [-0.05, 0) is 18.5 Å².